The monoisotopic (exact) mass is 336 g/mol. The normalized spacial score (nSPS) is 20.7. The summed E-state index contributed by atoms with van der Waals surface area (Å²) in [5, 5.41) is 3.76. The van der Waals surface area contributed by atoms with Gasteiger partial charge in [-0.2, -0.15) is 0 Å². The second-order valence-electron chi connectivity index (χ2n) is 6.30. The minimum Gasteiger partial charge on any atom is -0.381 e. The third-order valence-corrected chi connectivity index (χ3v) is 5.09. The lowest BCUT2D eigenvalue weighted by molar-refractivity contribution is -0.138. The summed E-state index contributed by atoms with van der Waals surface area (Å²) in [6, 6.07) is 7.54. The van der Waals surface area contributed by atoms with Gasteiger partial charge in [0.1, 0.15) is 0 Å². The predicted octanol–water partition coefficient (Wildman–Crippen LogP) is 1.74. The highest BCUT2D eigenvalue weighted by atomic mass is 35.5. The van der Waals surface area contributed by atoms with Crippen molar-refractivity contribution in [3.8, 4) is 0 Å². The molecule has 23 heavy (non-hydrogen) atoms. The van der Waals surface area contributed by atoms with Crippen molar-refractivity contribution in [2.45, 2.75) is 31.2 Å². The SMILES string of the molecule is CC(=O)N1CC(NC(=O)C2(c3ccc(Cl)cc3)CCOCC2)C1. The van der Waals surface area contributed by atoms with E-state index in [4.69, 9.17) is 16.3 Å². The van der Waals surface area contributed by atoms with E-state index >= 15 is 0 Å². The van der Waals surface area contributed by atoms with Crippen molar-refractivity contribution >= 4 is 23.4 Å². The number of halogens is 1. The zero-order chi connectivity index (χ0) is 16.4. The van der Waals surface area contributed by atoms with Gasteiger partial charge in [-0.15, -0.1) is 0 Å². The Morgan fingerprint density at radius 1 is 1.22 bits per heavy atom. The number of likely N-dealkylation sites (tertiary alicyclic amines) is 1. The minimum atomic E-state index is -0.570. The number of nitrogens with one attached hydrogen (secondary N) is 1. The van der Waals surface area contributed by atoms with Crippen molar-refractivity contribution in [3.63, 3.8) is 0 Å². The second kappa shape index (κ2) is 6.49. The summed E-state index contributed by atoms with van der Waals surface area (Å²) in [6.07, 6.45) is 1.31. The van der Waals surface area contributed by atoms with E-state index in [-0.39, 0.29) is 17.9 Å². The van der Waals surface area contributed by atoms with E-state index in [1.807, 2.05) is 24.3 Å². The molecule has 124 valence electrons. The molecule has 0 bridgehead atoms. The van der Waals surface area contributed by atoms with Gasteiger partial charge in [-0.05, 0) is 30.5 Å². The fraction of sp³-hybridized carbons (Fsp3) is 0.529. The molecular formula is C17H21ClN2O3. The third kappa shape index (κ3) is 3.21. The fourth-order valence-electron chi connectivity index (χ4n) is 3.29. The average molecular weight is 337 g/mol. The molecule has 0 radical (unpaired) electrons. The van der Waals surface area contributed by atoms with Crippen LogP contribution in [0.4, 0.5) is 0 Å². The van der Waals surface area contributed by atoms with Crippen molar-refractivity contribution in [2.75, 3.05) is 26.3 Å². The van der Waals surface area contributed by atoms with Gasteiger partial charge in [-0.1, -0.05) is 23.7 Å². The van der Waals surface area contributed by atoms with Crippen molar-refractivity contribution < 1.29 is 14.3 Å². The van der Waals surface area contributed by atoms with E-state index in [0.717, 1.165) is 5.56 Å². The lowest BCUT2D eigenvalue weighted by Gasteiger charge is -2.42. The number of hydrogen-bond acceptors (Lipinski definition) is 3. The summed E-state index contributed by atoms with van der Waals surface area (Å²) in [5.41, 5.74) is 0.407. The number of benzene rings is 1. The van der Waals surface area contributed by atoms with Crippen LogP contribution in [0, 0.1) is 0 Å². The fourth-order valence-corrected chi connectivity index (χ4v) is 3.41. The largest absolute Gasteiger partial charge is 0.381 e. The number of amides is 2. The molecule has 1 aromatic carbocycles. The molecule has 2 fully saturated rings. The molecule has 2 aliphatic rings. The maximum Gasteiger partial charge on any atom is 0.231 e. The van der Waals surface area contributed by atoms with E-state index in [9.17, 15) is 9.59 Å². The summed E-state index contributed by atoms with van der Waals surface area (Å²) >= 11 is 5.97. The summed E-state index contributed by atoms with van der Waals surface area (Å²) in [4.78, 5) is 26.0. The number of rotatable bonds is 3. The van der Waals surface area contributed by atoms with E-state index < -0.39 is 5.41 Å². The van der Waals surface area contributed by atoms with Crippen LogP contribution in [0.1, 0.15) is 25.3 Å². The molecule has 6 heteroatoms. The molecule has 0 atom stereocenters. The van der Waals surface area contributed by atoms with Gasteiger partial charge in [0.05, 0.1) is 11.5 Å². The van der Waals surface area contributed by atoms with Gasteiger partial charge in [-0.3, -0.25) is 9.59 Å². The van der Waals surface area contributed by atoms with Crippen LogP contribution in [-0.4, -0.2) is 49.1 Å². The van der Waals surface area contributed by atoms with Crippen molar-refractivity contribution in [3.05, 3.63) is 34.9 Å². The Morgan fingerprint density at radius 3 is 2.39 bits per heavy atom. The molecule has 1 aromatic rings. The van der Waals surface area contributed by atoms with Gasteiger partial charge in [0.15, 0.2) is 0 Å². The zero-order valence-electron chi connectivity index (χ0n) is 13.2. The first kappa shape index (κ1) is 16.3. The minimum absolute atomic E-state index is 0.0244. The molecule has 2 amide bonds. The van der Waals surface area contributed by atoms with Crippen molar-refractivity contribution in [2.24, 2.45) is 0 Å². The van der Waals surface area contributed by atoms with E-state index in [1.54, 1.807) is 11.8 Å². The van der Waals surface area contributed by atoms with Crippen LogP contribution in [0.5, 0.6) is 0 Å². The van der Waals surface area contributed by atoms with E-state index in [2.05, 4.69) is 5.32 Å². The highest BCUT2D eigenvalue weighted by Crippen LogP contribution is 2.36. The molecule has 0 unspecified atom stereocenters. The highest BCUT2D eigenvalue weighted by Gasteiger charge is 2.43. The summed E-state index contributed by atoms with van der Waals surface area (Å²) < 4.78 is 5.45. The van der Waals surface area contributed by atoms with Crippen LogP contribution >= 0.6 is 11.6 Å². The average Bonchev–Trinajstić information content (AvgIpc) is 2.51. The molecule has 5 nitrogen and oxygen atoms in total. The van der Waals surface area contributed by atoms with E-state index in [0.29, 0.717) is 44.2 Å². The van der Waals surface area contributed by atoms with Gasteiger partial charge >= 0.3 is 0 Å². The molecule has 3 rings (SSSR count). The van der Waals surface area contributed by atoms with Gasteiger partial charge < -0.3 is 15.0 Å². The molecule has 0 aromatic heterocycles. The smallest absolute Gasteiger partial charge is 0.231 e. The Morgan fingerprint density at radius 2 is 1.83 bits per heavy atom. The quantitative estimate of drug-likeness (QED) is 0.914. The molecular weight excluding hydrogens is 316 g/mol. The maximum absolute atomic E-state index is 13.0. The molecule has 1 N–H and O–H groups in total. The van der Waals surface area contributed by atoms with Crippen LogP contribution in [0.3, 0.4) is 0 Å². The molecule has 0 aliphatic carbocycles. The maximum atomic E-state index is 13.0. The van der Waals surface area contributed by atoms with Gasteiger partial charge in [0, 0.05) is 38.2 Å². The molecule has 0 saturated carbocycles. The van der Waals surface area contributed by atoms with Crippen molar-refractivity contribution in [1.82, 2.24) is 10.2 Å². The van der Waals surface area contributed by atoms with Gasteiger partial charge in [-0.25, -0.2) is 0 Å². The summed E-state index contributed by atoms with van der Waals surface area (Å²) in [7, 11) is 0. The van der Waals surface area contributed by atoms with Gasteiger partial charge in [0.2, 0.25) is 11.8 Å². The number of ether oxygens (including phenoxy) is 1. The van der Waals surface area contributed by atoms with Crippen LogP contribution in [0.15, 0.2) is 24.3 Å². The summed E-state index contributed by atoms with van der Waals surface area (Å²) in [6.45, 7) is 3.87. The Bertz CT molecular complexity index is 590. The van der Waals surface area contributed by atoms with E-state index in [1.165, 1.54) is 0 Å². The Labute approximate surface area is 140 Å². The van der Waals surface area contributed by atoms with Crippen LogP contribution in [-0.2, 0) is 19.7 Å². The Kier molecular flexibility index (Phi) is 4.60. The first-order chi connectivity index (χ1) is 11.0. The van der Waals surface area contributed by atoms with Crippen LogP contribution < -0.4 is 5.32 Å². The van der Waals surface area contributed by atoms with Crippen LogP contribution in [0.25, 0.3) is 0 Å². The first-order valence-corrected chi connectivity index (χ1v) is 8.29. The summed E-state index contributed by atoms with van der Waals surface area (Å²) in [5.74, 6) is 0.0744. The number of nitrogens with zero attached hydrogens (tertiary/aromatic N) is 1. The third-order valence-electron chi connectivity index (χ3n) is 4.84. The van der Waals surface area contributed by atoms with Gasteiger partial charge in [0.25, 0.3) is 0 Å². The number of carbonyl (C=O) groups excluding carboxylic acids is 2. The van der Waals surface area contributed by atoms with Crippen LogP contribution in [0.2, 0.25) is 5.02 Å². The second-order valence-corrected chi connectivity index (χ2v) is 6.73. The van der Waals surface area contributed by atoms with Crippen molar-refractivity contribution in [1.29, 1.82) is 0 Å². The highest BCUT2D eigenvalue weighted by molar-refractivity contribution is 6.30. The zero-order valence-corrected chi connectivity index (χ0v) is 13.9. The molecule has 0 spiro atoms. The number of carbonyl (C=O) groups is 2. The first-order valence-electron chi connectivity index (χ1n) is 7.91. The topological polar surface area (TPSA) is 58.6 Å². The Hall–Kier alpha value is -1.59. The number of hydrogen-bond donors (Lipinski definition) is 1. The predicted molar refractivity (Wildman–Crippen MR) is 87.4 cm³/mol. The lowest BCUT2D eigenvalue weighted by atomic mass is 9.73. The lowest BCUT2D eigenvalue weighted by Crippen LogP contribution is -2.63. The molecule has 2 saturated heterocycles. The Balaban J connectivity index is 1.75. The molecule has 2 heterocycles. The standard InChI is InChI=1S/C17H21ClN2O3/c1-12(21)20-10-15(11-20)19-16(22)17(6-8-23-9-7-17)13-2-4-14(18)5-3-13/h2-5,15H,6-11H2,1H3,(H,19,22). The molecule has 2 aliphatic heterocycles.